The van der Waals surface area contributed by atoms with Gasteiger partial charge in [-0.05, 0) is 18.2 Å². The third kappa shape index (κ3) is 2.84. The van der Waals surface area contributed by atoms with Gasteiger partial charge in [0.05, 0.1) is 0 Å². The molecule has 1 aromatic heterocycles. The van der Waals surface area contributed by atoms with Crippen LogP contribution in [-0.2, 0) is 6.18 Å². The molecule has 8 heteroatoms. The number of nitrogen functional groups attached to an aromatic ring is 1. The quantitative estimate of drug-likeness (QED) is 0.820. The first-order valence-corrected chi connectivity index (χ1v) is 5.06. The lowest BCUT2D eigenvalue weighted by molar-refractivity contribution is -0.138. The van der Waals surface area contributed by atoms with Crippen molar-refractivity contribution in [3.63, 3.8) is 0 Å². The maximum absolute atomic E-state index is 12.8. The van der Waals surface area contributed by atoms with E-state index in [0.29, 0.717) is 0 Å². The van der Waals surface area contributed by atoms with Crippen LogP contribution in [0.1, 0.15) is 5.56 Å². The third-order valence-corrected chi connectivity index (χ3v) is 2.19. The molecular weight excluding hydrogens is 263 g/mol. The lowest BCUT2D eigenvalue weighted by atomic mass is 10.1. The van der Waals surface area contributed by atoms with Crippen molar-refractivity contribution in [3.05, 3.63) is 46.5 Å². The Bertz CT molecular complexity index is 652. The van der Waals surface area contributed by atoms with Gasteiger partial charge in [-0.25, -0.2) is 4.98 Å². The van der Waals surface area contributed by atoms with Crippen LogP contribution in [0.15, 0.2) is 35.4 Å². The lowest BCUT2D eigenvalue weighted by Crippen LogP contribution is -2.12. The van der Waals surface area contributed by atoms with Gasteiger partial charge in [-0.15, -0.1) is 0 Å². The van der Waals surface area contributed by atoms with Crippen LogP contribution >= 0.6 is 0 Å². The van der Waals surface area contributed by atoms with Crippen LogP contribution < -0.4 is 16.0 Å². The van der Waals surface area contributed by atoms with Crippen LogP contribution in [0.3, 0.4) is 0 Å². The second-order valence-corrected chi connectivity index (χ2v) is 3.58. The standard InChI is InChI=1S/C11H8F3N3O2/c12-11(13,14)7-5-6(15)1-2-8(7)19-10-9(18)16-3-4-17-10/h1-5H,15H2,(H,16,18). The Kier molecular flexibility index (Phi) is 3.16. The van der Waals surface area contributed by atoms with Gasteiger partial charge in [0, 0.05) is 18.1 Å². The Morgan fingerprint density at radius 2 is 2.05 bits per heavy atom. The van der Waals surface area contributed by atoms with Crippen molar-refractivity contribution in [3.8, 4) is 11.6 Å². The minimum absolute atomic E-state index is 0.0606. The van der Waals surface area contributed by atoms with E-state index in [9.17, 15) is 18.0 Å². The number of hydrogen-bond donors (Lipinski definition) is 2. The Balaban J connectivity index is 2.47. The Morgan fingerprint density at radius 3 is 2.68 bits per heavy atom. The fourth-order valence-electron chi connectivity index (χ4n) is 1.37. The summed E-state index contributed by atoms with van der Waals surface area (Å²) in [6, 6.07) is 3.00. The summed E-state index contributed by atoms with van der Waals surface area (Å²) in [6.07, 6.45) is -2.21. The number of aromatic amines is 1. The molecule has 2 rings (SSSR count). The van der Waals surface area contributed by atoms with E-state index in [0.717, 1.165) is 12.1 Å². The summed E-state index contributed by atoms with van der Waals surface area (Å²) in [5, 5.41) is 0. The number of nitrogens with one attached hydrogen (secondary N) is 1. The number of ether oxygens (including phenoxy) is 1. The predicted octanol–water partition coefficient (Wildman–Crippen LogP) is 2.16. The van der Waals surface area contributed by atoms with E-state index in [1.165, 1.54) is 18.5 Å². The number of rotatable bonds is 2. The normalized spacial score (nSPS) is 11.3. The molecule has 0 aliphatic carbocycles. The first kappa shape index (κ1) is 12.9. The summed E-state index contributed by atoms with van der Waals surface area (Å²) >= 11 is 0. The van der Waals surface area contributed by atoms with Crippen LogP contribution in [0.5, 0.6) is 11.6 Å². The molecule has 0 unspecified atom stereocenters. The van der Waals surface area contributed by atoms with Crippen molar-refractivity contribution in [2.75, 3.05) is 5.73 Å². The van der Waals surface area contributed by atoms with Crippen LogP contribution in [0.2, 0.25) is 0 Å². The van der Waals surface area contributed by atoms with Gasteiger partial charge < -0.3 is 15.5 Å². The van der Waals surface area contributed by atoms with E-state index in [4.69, 9.17) is 10.5 Å². The van der Waals surface area contributed by atoms with Crippen molar-refractivity contribution in [1.82, 2.24) is 9.97 Å². The molecule has 0 saturated heterocycles. The van der Waals surface area contributed by atoms with Crippen molar-refractivity contribution >= 4 is 5.69 Å². The van der Waals surface area contributed by atoms with Crippen molar-refractivity contribution in [2.45, 2.75) is 6.18 Å². The zero-order chi connectivity index (χ0) is 14.0. The summed E-state index contributed by atoms with van der Waals surface area (Å²) in [4.78, 5) is 17.1. The highest BCUT2D eigenvalue weighted by molar-refractivity contribution is 5.49. The van der Waals surface area contributed by atoms with Gasteiger partial charge in [-0.1, -0.05) is 0 Å². The number of alkyl halides is 3. The minimum Gasteiger partial charge on any atom is -0.434 e. The van der Waals surface area contributed by atoms with Crippen LogP contribution in [0, 0.1) is 0 Å². The molecule has 5 nitrogen and oxygen atoms in total. The van der Waals surface area contributed by atoms with Crippen molar-refractivity contribution in [2.24, 2.45) is 0 Å². The molecule has 1 heterocycles. The summed E-state index contributed by atoms with van der Waals surface area (Å²) in [7, 11) is 0. The highest BCUT2D eigenvalue weighted by Crippen LogP contribution is 2.38. The van der Waals surface area contributed by atoms with Gasteiger partial charge in [-0.2, -0.15) is 13.2 Å². The summed E-state index contributed by atoms with van der Waals surface area (Å²) in [5.41, 5.74) is 3.45. The minimum atomic E-state index is -4.65. The van der Waals surface area contributed by atoms with E-state index in [-0.39, 0.29) is 5.69 Å². The monoisotopic (exact) mass is 271 g/mol. The average Bonchev–Trinajstić information content (AvgIpc) is 2.33. The van der Waals surface area contributed by atoms with Gasteiger partial charge >= 0.3 is 11.7 Å². The number of hydrogen-bond acceptors (Lipinski definition) is 4. The number of nitrogens with zero attached hydrogens (tertiary/aromatic N) is 1. The molecule has 0 fully saturated rings. The molecule has 0 aliphatic heterocycles. The highest BCUT2D eigenvalue weighted by atomic mass is 19.4. The Hall–Kier alpha value is -2.51. The van der Waals surface area contributed by atoms with Gasteiger partial charge in [0.1, 0.15) is 11.3 Å². The number of aromatic nitrogens is 2. The Morgan fingerprint density at radius 1 is 1.32 bits per heavy atom. The fraction of sp³-hybridized carbons (Fsp3) is 0.0909. The predicted molar refractivity (Wildman–Crippen MR) is 60.8 cm³/mol. The van der Waals surface area contributed by atoms with E-state index in [1.54, 1.807) is 0 Å². The zero-order valence-electron chi connectivity index (χ0n) is 9.36. The third-order valence-electron chi connectivity index (χ3n) is 2.19. The lowest BCUT2D eigenvalue weighted by Gasteiger charge is -2.13. The van der Waals surface area contributed by atoms with Crippen LogP contribution in [0.25, 0.3) is 0 Å². The largest absolute Gasteiger partial charge is 0.434 e. The number of nitrogens with two attached hydrogens (primary N) is 1. The Labute approximate surface area is 104 Å². The number of anilines is 1. The smallest absolute Gasteiger partial charge is 0.420 e. The summed E-state index contributed by atoms with van der Waals surface area (Å²) < 4.78 is 43.3. The topological polar surface area (TPSA) is 81.0 Å². The average molecular weight is 271 g/mol. The molecule has 3 N–H and O–H groups in total. The molecule has 0 radical (unpaired) electrons. The molecule has 100 valence electrons. The SMILES string of the molecule is Nc1ccc(Oc2ncc[nH]c2=O)c(C(F)(F)F)c1. The molecule has 0 atom stereocenters. The fourth-order valence-corrected chi connectivity index (χ4v) is 1.37. The molecule has 0 spiro atoms. The zero-order valence-corrected chi connectivity index (χ0v) is 9.36. The molecule has 0 saturated carbocycles. The molecule has 0 aliphatic rings. The first-order valence-electron chi connectivity index (χ1n) is 5.06. The molecule has 19 heavy (non-hydrogen) atoms. The van der Waals surface area contributed by atoms with Crippen LogP contribution in [0.4, 0.5) is 18.9 Å². The maximum Gasteiger partial charge on any atom is 0.420 e. The van der Waals surface area contributed by atoms with Crippen molar-refractivity contribution in [1.29, 1.82) is 0 Å². The second kappa shape index (κ2) is 4.63. The number of H-pyrrole nitrogens is 1. The summed E-state index contributed by atoms with van der Waals surface area (Å²) in [6.45, 7) is 0. The number of benzene rings is 1. The summed E-state index contributed by atoms with van der Waals surface area (Å²) in [5.74, 6) is -1.01. The molecular formula is C11H8F3N3O2. The molecule has 2 aromatic rings. The van der Waals surface area contributed by atoms with Gasteiger partial charge in [0.15, 0.2) is 0 Å². The van der Waals surface area contributed by atoms with Crippen molar-refractivity contribution < 1.29 is 17.9 Å². The molecule has 0 amide bonds. The van der Waals surface area contributed by atoms with Crippen LogP contribution in [-0.4, -0.2) is 9.97 Å². The maximum atomic E-state index is 12.8. The molecule has 0 bridgehead atoms. The van der Waals surface area contributed by atoms with Gasteiger partial charge in [0.2, 0.25) is 0 Å². The molecule has 1 aromatic carbocycles. The van der Waals surface area contributed by atoms with E-state index < -0.39 is 28.9 Å². The number of halogens is 3. The van der Waals surface area contributed by atoms with Gasteiger partial charge in [0.25, 0.3) is 5.88 Å². The van der Waals surface area contributed by atoms with E-state index in [1.807, 2.05) is 0 Å². The van der Waals surface area contributed by atoms with E-state index in [2.05, 4.69) is 9.97 Å². The highest BCUT2D eigenvalue weighted by Gasteiger charge is 2.35. The first-order chi connectivity index (χ1) is 8.88. The van der Waals surface area contributed by atoms with E-state index >= 15 is 0 Å². The van der Waals surface area contributed by atoms with Gasteiger partial charge in [-0.3, -0.25) is 4.79 Å². The second-order valence-electron chi connectivity index (χ2n) is 3.58.